The van der Waals surface area contributed by atoms with Gasteiger partial charge in [0.15, 0.2) is 5.78 Å². The number of amides is 2. The zero-order valence-electron chi connectivity index (χ0n) is 19.8. The Hall–Kier alpha value is -3.53. The molecule has 1 N–H and O–H groups in total. The van der Waals surface area contributed by atoms with Gasteiger partial charge in [-0.2, -0.15) is 16.8 Å². The van der Waals surface area contributed by atoms with Crippen molar-refractivity contribution in [1.29, 1.82) is 0 Å². The highest BCUT2D eigenvalue weighted by molar-refractivity contribution is 8.00. The summed E-state index contributed by atoms with van der Waals surface area (Å²) in [6.45, 7) is 4.71. The van der Waals surface area contributed by atoms with E-state index in [9.17, 15) is 19.2 Å². The van der Waals surface area contributed by atoms with Crippen molar-refractivity contribution >= 4 is 35.7 Å². The molecule has 10 heteroatoms. The van der Waals surface area contributed by atoms with Gasteiger partial charge in [-0.3, -0.25) is 4.79 Å². The number of hydrogen-bond donors (Lipinski definition) is 1. The Bertz CT molecular complexity index is 1060. The maximum atomic E-state index is 13.3. The highest BCUT2D eigenvalue weighted by Gasteiger charge is 2.59. The van der Waals surface area contributed by atoms with E-state index in [2.05, 4.69) is 5.43 Å². The van der Waals surface area contributed by atoms with Crippen molar-refractivity contribution in [2.75, 3.05) is 11.5 Å². The van der Waals surface area contributed by atoms with Crippen molar-refractivity contribution in [3.05, 3.63) is 71.8 Å². The predicted octanol–water partition coefficient (Wildman–Crippen LogP) is 3.86. The second kappa shape index (κ2) is 11.3. The first-order valence-corrected chi connectivity index (χ1v) is 12.1. The maximum Gasteiger partial charge on any atom is 0.430 e. The molecule has 0 unspecified atom stereocenters. The minimum absolute atomic E-state index is 0.0392. The number of rotatable bonds is 6. The average molecular weight is 501 g/mol. The van der Waals surface area contributed by atoms with E-state index in [0.29, 0.717) is 10.6 Å². The van der Waals surface area contributed by atoms with Crippen molar-refractivity contribution < 1.29 is 33.4 Å². The maximum absolute atomic E-state index is 13.3. The summed E-state index contributed by atoms with van der Waals surface area (Å²) in [5, 5.41) is 0.611. The lowest BCUT2D eigenvalue weighted by Crippen LogP contribution is -2.68. The summed E-state index contributed by atoms with van der Waals surface area (Å²) < 4.78 is 16.1. The summed E-state index contributed by atoms with van der Waals surface area (Å²) in [7, 11) is 0. The van der Waals surface area contributed by atoms with E-state index in [1.165, 1.54) is 0 Å². The Morgan fingerprint density at radius 1 is 0.943 bits per heavy atom. The molecule has 1 saturated heterocycles. The lowest BCUT2D eigenvalue weighted by molar-refractivity contribution is -0.171. The van der Waals surface area contributed by atoms with Crippen LogP contribution in [0.4, 0.5) is 9.59 Å². The van der Waals surface area contributed by atoms with Crippen LogP contribution >= 0.6 is 11.8 Å². The second-order valence-electron chi connectivity index (χ2n) is 8.83. The van der Waals surface area contributed by atoms with Gasteiger partial charge in [0, 0.05) is 5.75 Å². The molecule has 0 saturated carbocycles. The molecule has 1 aliphatic rings. The highest BCUT2D eigenvalue weighted by Crippen LogP contribution is 2.33. The first kappa shape index (κ1) is 26.1. The Kier molecular flexibility index (Phi) is 8.39. The zero-order chi connectivity index (χ0) is 25.5. The van der Waals surface area contributed by atoms with E-state index in [1.54, 1.807) is 69.3 Å². The highest BCUT2D eigenvalue weighted by atomic mass is 32.2. The summed E-state index contributed by atoms with van der Waals surface area (Å²) in [5.41, 5.74) is 0.630. The van der Waals surface area contributed by atoms with Crippen molar-refractivity contribution in [3.8, 4) is 0 Å². The third-order valence-electron chi connectivity index (χ3n) is 4.93. The molecule has 2 aromatic carbocycles. The minimum atomic E-state index is -2.10. The van der Waals surface area contributed by atoms with Gasteiger partial charge in [-0.1, -0.05) is 60.7 Å². The number of benzene rings is 2. The van der Waals surface area contributed by atoms with E-state index in [1.807, 2.05) is 12.1 Å². The van der Waals surface area contributed by atoms with Gasteiger partial charge in [0.25, 0.3) is 0 Å². The number of carbonyl (C=O) groups excluding carboxylic acids is 4. The molecule has 0 aliphatic carbocycles. The van der Waals surface area contributed by atoms with Gasteiger partial charge in [0.05, 0.1) is 5.75 Å². The number of Topliss-reactive ketones (excluding diaryl/α,β-unsaturated/α-hetero) is 1. The lowest BCUT2D eigenvalue weighted by atomic mass is 9.96. The molecule has 1 fully saturated rings. The van der Waals surface area contributed by atoms with Crippen LogP contribution in [-0.4, -0.2) is 51.6 Å². The van der Waals surface area contributed by atoms with Crippen LogP contribution in [0.3, 0.4) is 0 Å². The van der Waals surface area contributed by atoms with Gasteiger partial charge in [-0.05, 0) is 31.9 Å². The molecule has 186 valence electrons. The molecule has 0 aromatic heterocycles. The molecule has 3 rings (SSSR count). The smallest absolute Gasteiger partial charge is 0.430 e. The number of ketones is 1. The second-order valence-corrected chi connectivity index (χ2v) is 9.81. The summed E-state index contributed by atoms with van der Waals surface area (Å²) in [6.07, 6.45) is -2.12. The van der Waals surface area contributed by atoms with Gasteiger partial charge in [0.1, 0.15) is 18.8 Å². The molecule has 2 amide bonds. The predicted molar refractivity (Wildman–Crippen MR) is 129 cm³/mol. The Labute approximate surface area is 208 Å². The fourth-order valence-corrected chi connectivity index (χ4v) is 4.46. The lowest BCUT2D eigenvalue weighted by Gasteiger charge is -2.37. The van der Waals surface area contributed by atoms with Crippen molar-refractivity contribution in [2.45, 2.75) is 45.1 Å². The molecule has 9 nitrogen and oxygen atoms in total. The van der Waals surface area contributed by atoms with Crippen LogP contribution in [0, 0.1) is 0 Å². The monoisotopic (exact) mass is 500 g/mol. The molecule has 1 aliphatic heterocycles. The van der Waals surface area contributed by atoms with Crippen LogP contribution in [0.2, 0.25) is 0 Å². The standard InChI is InChI=1S/C25H28N2O7S/c1-24(2,3)34-21(29)25(17-35-16-20(25)28)27(23(31)33-15-19-12-8-5-9-13-19)26-22(30)32-14-18-10-6-4-7-11-18/h4-13H,14-17H2,1-3H3,(H,26,30)/t25-/m0/s1. The van der Waals surface area contributed by atoms with Crippen molar-refractivity contribution in [3.63, 3.8) is 0 Å². The molecule has 0 radical (unpaired) electrons. The molecule has 35 heavy (non-hydrogen) atoms. The van der Waals surface area contributed by atoms with Gasteiger partial charge >= 0.3 is 18.2 Å². The van der Waals surface area contributed by atoms with Gasteiger partial charge < -0.3 is 14.2 Å². The summed E-state index contributed by atoms with van der Waals surface area (Å²) >= 11 is 1.15. The first-order chi connectivity index (χ1) is 16.6. The number of ether oxygens (including phenoxy) is 3. The van der Waals surface area contributed by atoms with Crippen LogP contribution < -0.4 is 5.43 Å². The molecule has 1 atom stereocenters. The number of nitrogens with zero attached hydrogens (tertiary/aromatic N) is 1. The third-order valence-corrected chi connectivity index (χ3v) is 6.02. The summed E-state index contributed by atoms with van der Waals surface area (Å²) in [4.78, 5) is 52.2. The molecule has 0 bridgehead atoms. The van der Waals surface area contributed by atoms with E-state index < -0.39 is 35.1 Å². The zero-order valence-corrected chi connectivity index (χ0v) is 20.6. The molecule has 0 spiro atoms. The van der Waals surface area contributed by atoms with E-state index in [0.717, 1.165) is 17.3 Å². The average Bonchev–Trinajstić information content (AvgIpc) is 3.22. The van der Waals surface area contributed by atoms with Crippen molar-refractivity contribution in [1.82, 2.24) is 10.4 Å². The Morgan fingerprint density at radius 2 is 1.49 bits per heavy atom. The number of hydrazine groups is 1. The minimum Gasteiger partial charge on any atom is -0.458 e. The normalized spacial score (nSPS) is 17.4. The van der Waals surface area contributed by atoms with Crippen LogP contribution in [0.15, 0.2) is 60.7 Å². The number of hydrogen-bond acceptors (Lipinski definition) is 8. The SMILES string of the molecule is CC(C)(C)OC(=O)[C@]1(N(NC(=O)OCc2ccccc2)C(=O)OCc2ccccc2)CSCC1=O. The van der Waals surface area contributed by atoms with E-state index >= 15 is 0 Å². The topological polar surface area (TPSA) is 111 Å². The third kappa shape index (κ3) is 6.75. The fraction of sp³-hybridized carbons (Fsp3) is 0.360. The first-order valence-electron chi connectivity index (χ1n) is 10.9. The van der Waals surface area contributed by atoms with Crippen LogP contribution in [-0.2, 0) is 37.0 Å². The number of carbonyl (C=O) groups is 4. The largest absolute Gasteiger partial charge is 0.458 e. The van der Waals surface area contributed by atoms with E-state index in [-0.39, 0.29) is 24.7 Å². The van der Waals surface area contributed by atoms with Gasteiger partial charge in [0.2, 0.25) is 5.54 Å². The van der Waals surface area contributed by atoms with Crippen molar-refractivity contribution in [2.24, 2.45) is 0 Å². The van der Waals surface area contributed by atoms with Crippen LogP contribution in [0.1, 0.15) is 31.9 Å². The number of esters is 1. The number of thioether (sulfide) groups is 1. The van der Waals surface area contributed by atoms with Gasteiger partial charge in [-0.15, -0.1) is 0 Å². The molecule has 1 heterocycles. The Morgan fingerprint density at radius 3 is 1.97 bits per heavy atom. The Balaban J connectivity index is 1.85. The molecular formula is C25H28N2O7S. The fourth-order valence-electron chi connectivity index (χ4n) is 3.23. The molecular weight excluding hydrogens is 472 g/mol. The quantitative estimate of drug-likeness (QED) is 0.275. The molecule has 2 aromatic rings. The van der Waals surface area contributed by atoms with Crippen LogP contribution in [0.25, 0.3) is 0 Å². The van der Waals surface area contributed by atoms with E-state index in [4.69, 9.17) is 14.2 Å². The van der Waals surface area contributed by atoms with Gasteiger partial charge in [-0.25, -0.2) is 19.8 Å². The summed E-state index contributed by atoms with van der Waals surface area (Å²) in [5.74, 6) is -1.69. The van der Waals surface area contributed by atoms with Crippen LogP contribution in [0.5, 0.6) is 0 Å². The summed E-state index contributed by atoms with van der Waals surface area (Å²) in [6, 6.07) is 17.8. The number of nitrogens with one attached hydrogen (secondary N) is 1.